The Hall–Kier alpha value is -3.02. The molecule has 5 rings (SSSR count). The highest BCUT2D eigenvalue weighted by atomic mass is 16.7. The molecular weight excluding hydrogens is 344 g/mol. The number of hydrogen-bond donors (Lipinski definition) is 1. The van der Waals surface area contributed by atoms with Crippen molar-refractivity contribution in [2.75, 3.05) is 5.32 Å². The van der Waals surface area contributed by atoms with Crippen molar-refractivity contribution in [2.45, 2.75) is 44.3 Å². The molecule has 2 aromatic carbocycles. The summed E-state index contributed by atoms with van der Waals surface area (Å²) < 4.78 is 17.7. The maximum atomic E-state index is 12.3. The molecule has 1 aliphatic heterocycles. The molecule has 1 aromatic heterocycles. The van der Waals surface area contributed by atoms with Crippen LogP contribution in [0.3, 0.4) is 0 Å². The van der Waals surface area contributed by atoms with Crippen LogP contribution in [0.15, 0.2) is 46.9 Å². The molecule has 1 N–H and O–H groups in total. The standard InChI is InChI=1S/C21H20N2O4/c24-19(9-10-20-23-15-5-1-2-6-16(15)25-20)22-14-7-8-17-18(13-14)27-21(26-17)11-3-4-12-21/h1-2,5-8,13H,3-4,9-12H2,(H,22,24). The van der Waals surface area contributed by atoms with Gasteiger partial charge in [0.25, 0.3) is 5.79 Å². The Kier molecular flexibility index (Phi) is 3.77. The third-order valence-corrected chi connectivity index (χ3v) is 5.09. The molecule has 6 heteroatoms. The molecule has 0 bridgehead atoms. The van der Waals surface area contributed by atoms with E-state index in [1.807, 2.05) is 42.5 Å². The quantitative estimate of drug-likeness (QED) is 0.741. The fourth-order valence-electron chi connectivity index (χ4n) is 3.76. The predicted molar refractivity (Wildman–Crippen MR) is 99.9 cm³/mol. The van der Waals surface area contributed by atoms with Gasteiger partial charge in [-0.15, -0.1) is 0 Å². The van der Waals surface area contributed by atoms with Crippen LogP contribution in [0.25, 0.3) is 11.1 Å². The zero-order chi connectivity index (χ0) is 18.3. The molecule has 138 valence electrons. The van der Waals surface area contributed by atoms with Crippen molar-refractivity contribution >= 4 is 22.7 Å². The summed E-state index contributed by atoms with van der Waals surface area (Å²) in [5.74, 6) is 1.44. The van der Waals surface area contributed by atoms with Gasteiger partial charge >= 0.3 is 0 Å². The SMILES string of the molecule is O=C(CCc1nc2ccccc2o1)Nc1ccc2c(c1)OC1(CCCC1)O2. The molecule has 1 fully saturated rings. The topological polar surface area (TPSA) is 73.6 Å². The van der Waals surface area contributed by atoms with Gasteiger partial charge in [-0.25, -0.2) is 4.98 Å². The first kappa shape index (κ1) is 16.2. The highest BCUT2D eigenvalue weighted by Crippen LogP contribution is 2.47. The fraction of sp³-hybridized carbons (Fsp3) is 0.333. The Labute approximate surface area is 156 Å². The maximum absolute atomic E-state index is 12.3. The van der Waals surface area contributed by atoms with Gasteiger partial charge in [-0.05, 0) is 37.1 Å². The molecule has 6 nitrogen and oxygen atoms in total. The molecule has 0 saturated heterocycles. The van der Waals surface area contributed by atoms with E-state index in [4.69, 9.17) is 13.9 Å². The van der Waals surface area contributed by atoms with E-state index in [0.29, 0.717) is 30.2 Å². The van der Waals surface area contributed by atoms with E-state index in [1.165, 1.54) is 0 Å². The number of aryl methyl sites for hydroxylation is 1. The first-order valence-corrected chi connectivity index (χ1v) is 9.36. The van der Waals surface area contributed by atoms with Crippen molar-refractivity contribution in [3.63, 3.8) is 0 Å². The van der Waals surface area contributed by atoms with Crippen LogP contribution in [0.1, 0.15) is 38.0 Å². The van der Waals surface area contributed by atoms with E-state index in [1.54, 1.807) is 0 Å². The number of anilines is 1. The van der Waals surface area contributed by atoms with E-state index >= 15 is 0 Å². The summed E-state index contributed by atoms with van der Waals surface area (Å²) in [6, 6.07) is 13.1. The summed E-state index contributed by atoms with van der Waals surface area (Å²) in [5.41, 5.74) is 2.25. The zero-order valence-electron chi connectivity index (χ0n) is 14.9. The van der Waals surface area contributed by atoms with Gasteiger partial charge < -0.3 is 19.2 Å². The number of nitrogens with zero attached hydrogens (tertiary/aromatic N) is 1. The number of ether oxygens (including phenoxy) is 2. The minimum absolute atomic E-state index is 0.0910. The Morgan fingerprint density at radius 2 is 1.89 bits per heavy atom. The molecule has 0 unspecified atom stereocenters. The van der Waals surface area contributed by atoms with E-state index in [9.17, 15) is 4.79 Å². The zero-order valence-corrected chi connectivity index (χ0v) is 14.9. The van der Waals surface area contributed by atoms with Crippen molar-refractivity contribution in [3.8, 4) is 11.5 Å². The first-order valence-electron chi connectivity index (χ1n) is 9.36. The predicted octanol–water partition coefficient (Wildman–Crippen LogP) is 4.44. The molecule has 2 heterocycles. The Bertz CT molecular complexity index is 971. The van der Waals surface area contributed by atoms with Crippen molar-refractivity contribution in [1.29, 1.82) is 0 Å². The maximum Gasteiger partial charge on any atom is 0.251 e. The number of carbonyl (C=O) groups excluding carboxylic acids is 1. The molecule has 27 heavy (non-hydrogen) atoms. The van der Waals surface area contributed by atoms with Crippen LogP contribution in [0.5, 0.6) is 11.5 Å². The van der Waals surface area contributed by atoms with Crippen molar-refractivity contribution < 1.29 is 18.7 Å². The summed E-state index contributed by atoms with van der Waals surface area (Å²) in [6.45, 7) is 0. The molecule has 1 aliphatic carbocycles. The minimum atomic E-state index is -0.488. The minimum Gasteiger partial charge on any atom is -0.448 e. The molecule has 0 radical (unpaired) electrons. The summed E-state index contributed by atoms with van der Waals surface area (Å²) in [5, 5.41) is 2.91. The summed E-state index contributed by atoms with van der Waals surface area (Å²) in [7, 11) is 0. The number of oxazole rings is 1. The van der Waals surface area contributed by atoms with Gasteiger partial charge in [-0.2, -0.15) is 0 Å². The van der Waals surface area contributed by atoms with E-state index < -0.39 is 5.79 Å². The summed E-state index contributed by atoms with van der Waals surface area (Å²) >= 11 is 0. The van der Waals surface area contributed by atoms with Crippen LogP contribution in [0.2, 0.25) is 0 Å². The van der Waals surface area contributed by atoms with Crippen LogP contribution in [0.4, 0.5) is 5.69 Å². The number of aromatic nitrogens is 1. The number of amides is 1. The average molecular weight is 364 g/mol. The largest absolute Gasteiger partial charge is 0.448 e. The highest BCUT2D eigenvalue weighted by Gasteiger charge is 2.44. The van der Waals surface area contributed by atoms with E-state index in [-0.39, 0.29) is 5.91 Å². The number of nitrogens with one attached hydrogen (secondary N) is 1. The van der Waals surface area contributed by atoms with Crippen molar-refractivity contribution in [1.82, 2.24) is 4.98 Å². The van der Waals surface area contributed by atoms with Crippen LogP contribution >= 0.6 is 0 Å². The molecule has 1 saturated carbocycles. The monoisotopic (exact) mass is 364 g/mol. The van der Waals surface area contributed by atoms with Crippen molar-refractivity contribution in [3.05, 3.63) is 48.4 Å². The lowest BCUT2D eigenvalue weighted by Gasteiger charge is -2.21. The molecule has 1 amide bonds. The van der Waals surface area contributed by atoms with Crippen LogP contribution in [-0.4, -0.2) is 16.7 Å². The second-order valence-electron chi connectivity index (χ2n) is 7.11. The number of para-hydroxylation sites is 2. The van der Waals surface area contributed by atoms with E-state index in [2.05, 4.69) is 10.3 Å². The van der Waals surface area contributed by atoms with Gasteiger partial charge in [-0.3, -0.25) is 4.79 Å². The first-order chi connectivity index (χ1) is 13.2. The summed E-state index contributed by atoms with van der Waals surface area (Å²) in [6.07, 6.45) is 4.81. The molecule has 0 atom stereocenters. The molecule has 3 aromatic rings. The lowest BCUT2D eigenvalue weighted by molar-refractivity contribution is -0.116. The van der Waals surface area contributed by atoms with Gasteiger partial charge in [-0.1, -0.05) is 12.1 Å². The van der Waals surface area contributed by atoms with Crippen LogP contribution in [0, 0.1) is 0 Å². The number of rotatable bonds is 4. The van der Waals surface area contributed by atoms with Gasteiger partial charge in [0.2, 0.25) is 5.91 Å². The van der Waals surface area contributed by atoms with Gasteiger partial charge in [0.1, 0.15) is 5.52 Å². The highest BCUT2D eigenvalue weighted by molar-refractivity contribution is 5.91. The lowest BCUT2D eigenvalue weighted by atomic mass is 10.2. The van der Waals surface area contributed by atoms with Gasteiger partial charge in [0.15, 0.2) is 23.0 Å². The molecule has 2 aliphatic rings. The van der Waals surface area contributed by atoms with Crippen molar-refractivity contribution in [2.24, 2.45) is 0 Å². The number of fused-ring (bicyclic) bond motifs is 2. The van der Waals surface area contributed by atoms with Gasteiger partial charge in [0.05, 0.1) is 0 Å². The Morgan fingerprint density at radius 1 is 1.07 bits per heavy atom. The number of hydrogen-bond acceptors (Lipinski definition) is 5. The molecular formula is C21H20N2O4. The second kappa shape index (κ2) is 6.30. The second-order valence-corrected chi connectivity index (χ2v) is 7.11. The Morgan fingerprint density at radius 3 is 2.74 bits per heavy atom. The van der Waals surface area contributed by atoms with Gasteiger partial charge in [0, 0.05) is 37.4 Å². The van der Waals surface area contributed by atoms with E-state index in [0.717, 1.165) is 42.5 Å². The lowest BCUT2D eigenvalue weighted by Crippen LogP contribution is -2.34. The molecule has 1 spiro atoms. The number of benzene rings is 2. The smallest absolute Gasteiger partial charge is 0.251 e. The average Bonchev–Trinajstić information content (AvgIpc) is 3.37. The third kappa shape index (κ3) is 3.12. The Balaban J connectivity index is 1.21. The summed E-state index contributed by atoms with van der Waals surface area (Å²) in [4.78, 5) is 16.7. The van der Waals surface area contributed by atoms with Crippen LogP contribution < -0.4 is 14.8 Å². The normalized spacial score (nSPS) is 16.9. The third-order valence-electron chi connectivity index (χ3n) is 5.09. The van der Waals surface area contributed by atoms with Crippen LogP contribution in [-0.2, 0) is 11.2 Å². The fourth-order valence-corrected chi connectivity index (χ4v) is 3.76. The number of carbonyl (C=O) groups is 1.